The van der Waals surface area contributed by atoms with Crippen molar-refractivity contribution in [3.8, 4) is 0 Å². The van der Waals surface area contributed by atoms with Gasteiger partial charge in [-0.3, -0.25) is 0 Å². The van der Waals surface area contributed by atoms with Crippen molar-refractivity contribution >= 4 is 39.0 Å². The zero-order chi connectivity index (χ0) is 10.3. The summed E-state index contributed by atoms with van der Waals surface area (Å²) < 4.78 is 0.962. The average molecular weight is 227 g/mol. The smallest absolute Gasteiger partial charge is 0.337 e. The molecule has 72 valence electrons. The molecule has 0 radical (unpaired) electrons. The number of aryl methyl sites for hydroxylation is 1. The molecule has 0 aliphatic heterocycles. The highest BCUT2D eigenvalue weighted by molar-refractivity contribution is 7.17. The van der Waals surface area contributed by atoms with Crippen LogP contribution >= 0.6 is 22.9 Å². The highest BCUT2D eigenvalue weighted by Gasteiger charge is 2.11. The van der Waals surface area contributed by atoms with E-state index >= 15 is 0 Å². The summed E-state index contributed by atoms with van der Waals surface area (Å²) in [6.07, 6.45) is 0. The summed E-state index contributed by atoms with van der Waals surface area (Å²) in [7, 11) is 0. The normalized spacial score (nSPS) is 10.7. The van der Waals surface area contributed by atoms with E-state index in [0.717, 1.165) is 15.6 Å². The predicted octanol–water partition coefficient (Wildman–Crippen LogP) is 3.56. The van der Waals surface area contributed by atoms with Gasteiger partial charge in [0, 0.05) is 20.5 Å². The molecule has 4 heteroatoms. The van der Waals surface area contributed by atoms with Crippen LogP contribution in [0.2, 0.25) is 5.02 Å². The number of rotatable bonds is 1. The van der Waals surface area contributed by atoms with Crippen molar-refractivity contribution in [1.29, 1.82) is 0 Å². The third kappa shape index (κ3) is 1.38. The Morgan fingerprint density at radius 3 is 2.86 bits per heavy atom. The van der Waals surface area contributed by atoms with E-state index in [1.807, 2.05) is 13.0 Å². The third-order valence-electron chi connectivity index (χ3n) is 2.09. The molecule has 1 N–H and O–H groups in total. The van der Waals surface area contributed by atoms with E-state index in [1.54, 1.807) is 11.4 Å². The van der Waals surface area contributed by atoms with Crippen LogP contribution in [-0.2, 0) is 0 Å². The van der Waals surface area contributed by atoms with Crippen molar-refractivity contribution in [2.75, 3.05) is 0 Å². The summed E-state index contributed by atoms with van der Waals surface area (Å²) in [5, 5.41) is 11.9. The second-order valence-electron chi connectivity index (χ2n) is 3.05. The van der Waals surface area contributed by atoms with Crippen LogP contribution in [-0.4, -0.2) is 11.1 Å². The lowest BCUT2D eigenvalue weighted by Crippen LogP contribution is -1.93. The highest BCUT2D eigenvalue weighted by atomic mass is 35.5. The van der Waals surface area contributed by atoms with Gasteiger partial charge in [-0.1, -0.05) is 11.6 Å². The third-order valence-corrected chi connectivity index (χ3v) is 3.44. The lowest BCUT2D eigenvalue weighted by Gasteiger charge is -1.98. The van der Waals surface area contributed by atoms with Crippen LogP contribution in [0.3, 0.4) is 0 Å². The van der Waals surface area contributed by atoms with Gasteiger partial charge < -0.3 is 5.11 Å². The Hall–Kier alpha value is -1.06. The summed E-state index contributed by atoms with van der Waals surface area (Å²) in [6.45, 7) is 1.90. The molecule has 0 bridgehead atoms. The Balaban J connectivity index is 2.80. The van der Waals surface area contributed by atoms with Gasteiger partial charge >= 0.3 is 5.97 Å². The number of aromatic carboxylic acids is 1. The number of benzene rings is 1. The lowest BCUT2D eigenvalue weighted by molar-refractivity contribution is 0.0699. The molecule has 0 saturated carbocycles. The molecule has 0 unspecified atom stereocenters. The summed E-state index contributed by atoms with van der Waals surface area (Å²) in [5.41, 5.74) is 1.30. The molecule has 0 aliphatic rings. The van der Waals surface area contributed by atoms with E-state index in [9.17, 15) is 4.79 Å². The quantitative estimate of drug-likeness (QED) is 0.807. The van der Waals surface area contributed by atoms with Gasteiger partial charge in [-0.15, -0.1) is 11.3 Å². The Labute approximate surface area is 89.7 Å². The van der Waals surface area contributed by atoms with E-state index in [4.69, 9.17) is 16.7 Å². The van der Waals surface area contributed by atoms with Crippen LogP contribution < -0.4 is 0 Å². The monoisotopic (exact) mass is 226 g/mol. The minimum atomic E-state index is -0.906. The predicted molar refractivity (Wildman–Crippen MR) is 58.5 cm³/mol. The number of thiophene rings is 1. The zero-order valence-corrected chi connectivity index (χ0v) is 8.95. The van der Waals surface area contributed by atoms with Gasteiger partial charge in [0.2, 0.25) is 0 Å². The van der Waals surface area contributed by atoms with Crippen LogP contribution in [0.15, 0.2) is 17.5 Å². The summed E-state index contributed by atoms with van der Waals surface area (Å²) >= 11 is 7.36. The molecule has 14 heavy (non-hydrogen) atoms. The number of hydrogen-bond acceptors (Lipinski definition) is 2. The van der Waals surface area contributed by atoms with E-state index in [0.29, 0.717) is 10.6 Å². The van der Waals surface area contributed by atoms with Crippen LogP contribution in [0, 0.1) is 6.92 Å². The van der Waals surface area contributed by atoms with Crippen LogP contribution in [0.25, 0.3) is 10.1 Å². The molecule has 1 aromatic carbocycles. The van der Waals surface area contributed by atoms with Gasteiger partial charge in [-0.25, -0.2) is 4.79 Å². The second kappa shape index (κ2) is 3.26. The van der Waals surface area contributed by atoms with E-state index in [-0.39, 0.29) is 0 Å². The van der Waals surface area contributed by atoms with E-state index in [1.165, 1.54) is 11.3 Å². The molecule has 0 fully saturated rings. The van der Waals surface area contributed by atoms with Crippen LogP contribution in [0.5, 0.6) is 0 Å². The molecule has 0 atom stereocenters. The first-order valence-corrected chi connectivity index (χ1v) is 5.26. The first-order chi connectivity index (χ1) is 6.59. The van der Waals surface area contributed by atoms with Gasteiger partial charge in [0.05, 0.1) is 5.56 Å². The van der Waals surface area contributed by atoms with Gasteiger partial charge in [0.25, 0.3) is 0 Å². The maximum Gasteiger partial charge on any atom is 0.337 e. The van der Waals surface area contributed by atoms with Gasteiger partial charge in [0.1, 0.15) is 0 Å². The summed E-state index contributed by atoms with van der Waals surface area (Å²) in [5.74, 6) is -0.906. The first-order valence-electron chi connectivity index (χ1n) is 4.00. The Morgan fingerprint density at radius 2 is 2.21 bits per heavy atom. The molecular weight excluding hydrogens is 220 g/mol. The van der Waals surface area contributed by atoms with Crippen molar-refractivity contribution in [3.63, 3.8) is 0 Å². The van der Waals surface area contributed by atoms with E-state index < -0.39 is 5.97 Å². The number of carboxylic acids is 1. The van der Waals surface area contributed by atoms with Crippen molar-refractivity contribution < 1.29 is 9.90 Å². The average Bonchev–Trinajstić information content (AvgIpc) is 2.48. The Kier molecular flexibility index (Phi) is 2.21. The van der Waals surface area contributed by atoms with Crippen LogP contribution in [0.1, 0.15) is 15.9 Å². The fourth-order valence-electron chi connectivity index (χ4n) is 1.31. The molecule has 1 heterocycles. The zero-order valence-electron chi connectivity index (χ0n) is 7.37. The van der Waals surface area contributed by atoms with Crippen molar-refractivity contribution in [2.45, 2.75) is 6.92 Å². The highest BCUT2D eigenvalue weighted by Crippen LogP contribution is 2.30. The lowest BCUT2D eigenvalue weighted by atomic mass is 10.1. The van der Waals surface area contributed by atoms with Crippen LogP contribution in [0.4, 0.5) is 0 Å². The minimum absolute atomic E-state index is 0.326. The van der Waals surface area contributed by atoms with E-state index in [2.05, 4.69) is 0 Å². The molecule has 0 aliphatic carbocycles. The Bertz CT molecular complexity index is 516. The standard InChI is InChI=1S/C10H7ClO2S/c1-5-2-9-6(3-8(5)11)7(4-14-9)10(12)13/h2-4H,1H3,(H,12,13). The van der Waals surface area contributed by atoms with Gasteiger partial charge in [-0.2, -0.15) is 0 Å². The largest absolute Gasteiger partial charge is 0.478 e. The van der Waals surface area contributed by atoms with Gasteiger partial charge in [-0.05, 0) is 24.6 Å². The number of fused-ring (bicyclic) bond motifs is 1. The molecule has 2 nitrogen and oxygen atoms in total. The minimum Gasteiger partial charge on any atom is -0.478 e. The fraction of sp³-hybridized carbons (Fsp3) is 0.100. The number of carboxylic acid groups (broad SMARTS) is 1. The Morgan fingerprint density at radius 1 is 1.50 bits per heavy atom. The summed E-state index contributed by atoms with van der Waals surface area (Å²) in [6, 6.07) is 3.63. The fourth-order valence-corrected chi connectivity index (χ4v) is 2.49. The maximum absolute atomic E-state index is 10.8. The topological polar surface area (TPSA) is 37.3 Å². The molecule has 2 rings (SSSR count). The molecule has 0 saturated heterocycles. The molecule has 0 spiro atoms. The first kappa shape index (κ1) is 9.49. The van der Waals surface area contributed by atoms with Gasteiger partial charge in [0.15, 0.2) is 0 Å². The molecular formula is C10H7ClO2S. The molecule has 0 amide bonds. The number of halogens is 1. The van der Waals surface area contributed by atoms with Crippen molar-refractivity contribution in [1.82, 2.24) is 0 Å². The molecule has 1 aromatic heterocycles. The van der Waals surface area contributed by atoms with Crippen molar-refractivity contribution in [3.05, 3.63) is 33.7 Å². The van der Waals surface area contributed by atoms with Crippen molar-refractivity contribution in [2.24, 2.45) is 0 Å². The number of hydrogen-bond donors (Lipinski definition) is 1. The summed E-state index contributed by atoms with van der Waals surface area (Å²) in [4.78, 5) is 10.8. The maximum atomic E-state index is 10.8. The second-order valence-corrected chi connectivity index (χ2v) is 4.37. The molecule has 2 aromatic rings. The SMILES string of the molecule is Cc1cc2scc(C(=O)O)c2cc1Cl. The number of carbonyl (C=O) groups is 1.